The number of benzene rings is 1. The van der Waals surface area contributed by atoms with Crippen molar-refractivity contribution in [3.8, 4) is 0 Å². The standard InChI is InChI=1S/C17H15N3O2S/c1-8-3-4-10-6-12(16(22)18-13(10)5-8)11-7-14(21)19-17-15(11)9(2)20-23-17/h3-6,11H,7H2,1-2H3,(H,18,22)(H,19,21)/t11-/m1/s1. The van der Waals surface area contributed by atoms with Crippen LogP contribution in [0, 0.1) is 13.8 Å². The molecule has 6 heteroatoms. The van der Waals surface area contributed by atoms with Crippen molar-refractivity contribution in [1.82, 2.24) is 9.36 Å². The van der Waals surface area contributed by atoms with Crippen LogP contribution in [0.15, 0.2) is 29.1 Å². The minimum absolute atomic E-state index is 0.0745. The minimum Gasteiger partial charge on any atom is -0.322 e. The predicted molar refractivity (Wildman–Crippen MR) is 91.2 cm³/mol. The average molecular weight is 325 g/mol. The first kappa shape index (κ1) is 14.1. The Balaban J connectivity index is 1.94. The van der Waals surface area contributed by atoms with Crippen LogP contribution in [0.1, 0.15) is 34.7 Å². The van der Waals surface area contributed by atoms with Gasteiger partial charge in [-0.2, -0.15) is 4.37 Å². The molecule has 1 amide bonds. The number of H-pyrrole nitrogens is 1. The first-order valence-electron chi connectivity index (χ1n) is 7.42. The molecule has 0 saturated carbocycles. The predicted octanol–water partition coefficient (Wildman–Crippen LogP) is 3.08. The number of fused-ring (bicyclic) bond motifs is 2. The maximum atomic E-state index is 12.6. The van der Waals surface area contributed by atoms with E-state index < -0.39 is 0 Å². The maximum Gasteiger partial charge on any atom is 0.252 e. The zero-order valence-corrected chi connectivity index (χ0v) is 13.6. The van der Waals surface area contributed by atoms with Gasteiger partial charge < -0.3 is 10.3 Å². The molecule has 3 heterocycles. The van der Waals surface area contributed by atoms with Crippen molar-refractivity contribution in [2.75, 3.05) is 5.32 Å². The number of carbonyl (C=O) groups is 1. The summed E-state index contributed by atoms with van der Waals surface area (Å²) in [5.74, 6) is -0.318. The molecule has 0 radical (unpaired) electrons. The number of hydrogen-bond donors (Lipinski definition) is 2. The number of nitrogens with one attached hydrogen (secondary N) is 2. The van der Waals surface area contributed by atoms with E-state index in [0.29, 0.717) is 5.56 Å². The normalized spacial score (nSPS) is 17.1. The Kier molecular flexibility index (Phi) is 3.09. The minimum atomic E-state index is -0.244. The molecule has 2 N–H and O–H groups in total. The van der Waals surface area contributed by atoms with E-state index in [9.17, 15) is 9.59 Å². The number of amides is 1. The zero-order valence-electron chi connectivity index (χ0n) is 12.8. The van der Waals surface area contributed by atoms with Crippen LogP contribution in [0.2, 0.25) is 0 Å². The van der Waals surface area contributed by atoms with E-state index >= 15 is 0 Å². The third-order valence-corrected chi connectivity index (χ3v) is 5.17. The number of anilines is 1. The number of rotatable bonds is 1. The van der Waals surface area contributed by atoms with Gasteiger partial charge in [0, 0.05) is 29.0 Å². The van der Waals surface area contributed by atoms with E-state index in [0.717, 1.165) is 32.7 Å². The Hall–Kier alpha value is -2.47. The van der Waals surface area contributed by atoms with Gasteiger partial charge in [0.25, 0.3) is 5.56 Å². The first-order valence-corrected chi connectivity index (χ1v) is 8.20. The first-order chi connectivity index (χ1) is 11.0. The summed E-state index contributed by atoms with van der Waals surface area (Å²) in [4.78, 5) is 27.5. The number of nitrogens with zero attached hydrogens (tertiary/aromatic N) is 1. The Labute approximate surface area is 136 Å². The Morgan fingerprint density at radius 1 is 1.22 bits per heavy atom. The highest BCUT2D eigenvalue weighted by molar-refractivity contribution is 7.10. The SMILES string of the molecule is Cc1ccc2cc([C@H]3CC(=O)Nc4snc(C)c43)c(=O)[nH]c2c1. The molecular formula is C17H15N3O2S. The molecule has 1 aliphatic heterocycles. The molecule has 0 bridgehead atoms. The average Bonchev–Trinajstić information content (AvgIpc) is 2.87. The monoisotopic (exact) mass is 325 g/mol. The summed E-state index contributed by atoms with van der Waals surface area (Å²) in [6.07, 6.45) is 0.271. The van der Waals surface area contributed by atoms with Crippen LogP contribution in [0.25, 0.3) is 10.9 Å². The van der Waals surface area contributed by atoms with Crippen molar-refractivity contribution in [3.05, 3.63) is 57.0 Å². The van der Waals surface area contributed by atoms with Gasteiger partial charge in [-0.25, -0.2) is 0 Å². The molecule has 5 nitrogen and oxygen atoms in total. The smallest absolute Gasteiger partial charge is 0.252 e. The second-order valence-corrected chi connectivity index (χ2v) is 6.73. The molecular weight excluding hydrogens is 310 g/mol. The van der Waals surface area contributed by atoms with Crippen LogP contribution < -0.4 is 10.9 Å². The summed E-state index contributed by atoms with van der Waals surface area (Å²) in [6, 6.07) is 7.86. The largest absolute Gasteiger partial charge is 0.322 e. The second kappa shape index (κ2) is 5.03. The maximum absolute atomic E-state index is 12.6. The van der Waals surface area contributed by atoms with Gasteiger partial charge in [0.2, 0.25) is 5.91 Å². The van der Waals surface area contributed by atoms with Gasteiger partial charge in [-0.3, -0.25) is 9.59 Å². The third kappa shape index (κ3) is 2.26. The molecule has 2 aromatic heterocycles. The number of carbonyl (C=O) groups excluding carboxylic acids is 1. The molecule has 1 atom stereocenters. The van der Waals surface area contributed by atoms with Gasteiger partial charge in [-0.05, 0) is 48.5 Å². The van der Waals surface area contributed by atoms with E-state index in [1.54, 1.807) is 0 Å². The summed E-state index contributed by atoms with van der Waals surface area (Å²) in [5, 5.41) is 4.58. The molecule has 0 aliphatic carbocycles. The van der Waals surface area contributed by atoms with Gasteiger partial charge in [-0.1, -0.05) is 12.1 Å². The van der Waals surface area contributed by atoms with E-state index in [2.05, 4.69) is 14.7 Å². The summed E-state index contributed by atoms with van der Waals surface area (Å²) in [5.41, 5.74) is 4.24. The van der Waals surface area contributed by atoms with Crippen LogP contribution in [-0.2, 0) is 4.79 Å². The highest BCUT2D eigenvalue weighted by Crippen LogP contribution is 2.40. The number of hydrogen-bond acceptors (Lipinski definition) is 4. The van der Waals surface area contributed by atoms with Crippen LogP contribution in [0.5, 0.6) is 0 Å². The molecule has 116 valence electrons. The molecule has 23 heavy (non-hydrogen) atoms. The molecule has 0 fully saturated rings. The van der Waals surface area contributed by atoms with Crippen molar-refractivity contribution in [3.63, 3.8) is 0 Å². The van der Waals surface area contributed by atoms with Crippen LogP contribution in [0.4, 0.5) is 5.00 Å². The van der Waals surface area contributed by atoms with Gasteiger partial charge in [0.1, 0.15) is 5.00 Å². The van der Waals surface area contributed by atoms with Gasteiger partial charge in [0.15, 0.2) is 0 Å². The number of pyridine rings is 1. The van der Waals surface area contributed by atoms with Crippen LogP contribution in [-0.4, -0.2) is 15.3 Å². The topological polar surface area (TPSA) is 74.8 Å². The van der Waals surface area contributed by atoms with E-state index in [-0.39, 0.29) is 23.8 Å². The van der Waals surface area contributed by atoms with Gasteiger partial charge >= 0.3 is 0 Å². The van der Waals surface area contributed by atoms with E-state index in [1.807, 2.05) is 38.1 Å². The highest BCUT2D eigenvalue weighted by atomic mass is 32.1. The Morgan fingerprint density at radius 2 is 2.04 bits per heavy atom. The molecule has 1 aromatic carbocycles. The fourth-order valence-electron chi connectivity index (χ4n) is 3.20. The van der Waals surface area contributed by atoms with Crippen molar-refractivity contribution >= 4 is 33.3 Å². The third-order valence-electron chi connectivity index (χ3n) is 4.30. The lowest BCUT2D eigenvalue weighted by atomic mass is 9.86. The number of aryl methyl sites for hydroxylation is 2. The quantitative estimate of drug-likeness (QED) is 0.722. The Morgan fingerprint density at radius 3 is 2.87 bits per heavy atom. The van der Waals surface area contributed by atoms with E-state index in [1.165, 1.54) is 11.5 Å². The fourth-order valence-corrected chi connectivity index (χ4v) is 4.07. The summed E-state index contributed by atoms with van der Waals surface area (Å²) >= 11 is 1.27. The van der Waals surface area contributed by atoms with Gasteiger partial charge in [-0.15, -0.1) is 0 Å². The molecule has 0 saturated heterocycles. The molecule has 0 unspecified atom stereocenters. The van der Waals surface area contributed by atoms with Crippen LogP contribution in [0.3, 0.4) is 0 Å². The lowest BCUT2D eigenvalue weighted by Crippen LogP contribution is -2.26. The number of aromatic nitrogens is 2. The zero-order chi connectivity index (χ0) is 16.1. The van der Waals surface area contributed by atoms with Crippen molar-refractivity contribution < 1.29 is 4.79 Å². The Bertz CT molecular complexity index is 1000. The highest BCUT2D eigenvalue weighted by Gasteiger charge is 2.32. The summed E-state index contributed by atoms with van der Waals surface area (Å²) < 4.78 is 4.33. The molecule has 4 rings (SSSR count). The summed E-state index contributed by atoms with van der Waals surface area (Å²) in [6.45, 7) is 3.90. The van der Waals surface area contributed by atoms with Crippen molar-refractivity contribution in [2.45, 2.75) is 26.2 Å². The fraction of sp³-hybridized carbons (Fsp3) is 0.235. The van der Waals surface area contributed by atoms with Crippen molar-refractivity contribution in [2.24, 2.45) is 0 Å². The number of aromatic amines is 1. The van der Waals surface area contributed by atoms with Gasteiger partial charge in [0.05, 0.1) is 5.69 Å². The summed E-state index contributed by atoms with van der Waals surface area (Å²) in [7, 11) is 0. The van der Waals surface area contributed by atoms with Crippen molar-refractivity contribution in [1.29, 1.82) is 0 Å². The van der Waals surface area contributed by atoms with Crippen LogP contribution >= 0.6 is 11.5 Å². The lowest BCUT2D eigenvalue weighted by Gasteiger charge is -2.22. The molecule has 3 aromatic rings. The lowest BCUT2D eigenvalue weighted by molar-refractivity contribution is -0.116. The second-order valence-electron chi connectivity index (χ2n) is 5.96. The molecule has 0 spiro atoms. The van der Waals surface area contributed by atoms with E-state index in [4.69, 9.17) is 0 Å². The molecule has 1 aliphatic rings.